The molecule has 0 bridgehead atoms. The number of rotatable bonds is 3. The Labute approximate surface area is 144 Å². The maximum atomic E-state index is 12.5. The molecule has 4 rings (SSSR count). The van der Waals surface area contributed by atoms with Crippen LogP contribution in [0.3, 0.4) is 0 Å². The van der Waals surface area contributed by atoms with E-state index in [1.807, 2.05) is 11.3 Å². The van der Waals surface area contributed by atoms with Gasteiger partial charge in [-0.25, -0.2) is 9.48 Å². The SMILES string of the molecule is Cn1nc2n(c1=O)C[C@@H](C(=O)NCc1csc3c1CCCC3)CC2. The van der Waals surface area contributed by atoms with Gasteiger partial charge >= 0.3 is 5.69 Å². The maximum Gasteiger partial charge on any atom is 0.345 e. The molecule has 2 aromatic rings. The standard InChI is InChI=1S/C17H22N4O2S/c1-20-17(23)21-9-11(6-7-15(21)19-20)16(22)18-8-12-10-24-14-5-3-2-4-13(12)14/h10-11H,2-9H2,1H3,(H,18,22)/t11-/m0/s1. The Balaban J connectivity index is 1.41. The van der Waals surface area contributed by atoms with E-state index in [0.29, 0.717) is 19.5 Å². The first kappa shape index (κ1) is 15.6. The van der Waals surface area contributed by atoms with E-state index in [-0.39, 0.29) is 17.5 Å². The molecule has 0 fully saturated rings. The molecule has 0 saturated heterocycles. The van der Waals surface area contributed by atoms with Gasteiger partial charge in [0.1, 0.15) is 5.82 Å². The normalized spacial score (nSPS) is 19.6. The lowest BCUT2D eigenvalue weighted by Gasteiger charge is -2.22. The number of nitrogens with zero attached hydrogens (tertiary/aromatic N) is 3. The molecule has 0 saturated carbocycles. The van der Waals surface area contributed by atoms with Crippen LogP contribution in [-0.2, 0) is 44.2 Å². The molecule has 1 aliphatic carbocycles. The summed E-state index contributed by atoms with van der Waals surface area (Å²) in [4.78, 5) is 26.1. The summed E-state index contributed by atoms with van der Waals surface area (Å²) in [5.41, 5.74) is 2.61. The van der Waals surface area contributed by atoms with Crippen LogP contribution in [0, 0.1) is 5.92 Å². The van der Waals surface area contributed by atoms with Gasteiger partial charge in [-0.15, -0.1) is 11.3 Å². The smallest absolute Gasteiger partial charge is 0.345 e. The van der Waals surface area contributed by atoms with Crippen LogP contribution in [-0.4, -0.2) is 20.3 Å². The molecule has 7 heteroatoms. The lowest BCUT2D eigenvalue weighted by Crippen LogP contribution is -2.38. The molecule has 1 amide bonds. The van der Waals surface area contributed by atoms with Gasteiger partial charge in [0.2, 0.25) is 5.91 Å². The minimum Gasteiger partial charge on any atom is -0.352 e. The first-order valence-electron chi connectivity index (χ1n) is 8.62. The van der Waals surface area contributed by atoms with Gasteiger partial charge in [0.05, 0.1) is 5.92 Å². The molecule has 0 unspecified atom stereocenters. The molecular formula is C17H22N4O2S. The fourth-order valence-corrected chi connectivity index (χ4v) is 4.94. The van der Waals surface area contributed by atoms with Crippen molar-refractivity contribution in [2.24, 2.45) is 13.0 Å². The van der Waals surface area contributed by atoms with E-state index in [0.717, 1.165) is 18.7 Å². The third-order valence-corrected chi connectivity index (χ3v) is 6.31. The molecule has 128 valence electrons. The van der Waals surface area contributed by atoms with E-state index >= 15 is 0 Å². The van der Waals surface area contributed by atoms with Crippen LogP contribution < -0.4 is 11.0 Å². The number of nitrogens with one attached hydrogen (secondary N) is 1. The third-order valence-electron chi connectivity index (χ3n) is 5.18. The maximum absolute atomic E-state index is 12.5. The lowest BCUT2D eigenvalue weighted by molar-refractivity contribution is -0.126. The van der Waals surface area contributed by atoms with Crippen molar-refractivity contribution in [2.75, 3.05) is 0 Å². The average molecular weight is 346 g/mol. The molecule has 0 aromatic carbocycles. The molecular weight excluding hydrogens is 324 g/mol. The molecule has 0 spiro atoms. The summed E-state index contributed by atoms with van der Waals surface area (Å²) in [6.45, 7) is 1.05. The van der Waals surface area contributed by atoms with Gasteiger partial charge in [-0.1, -0.05) is 0 Å². The Morgan fingerprint density at radius 2 is 2.21 bits per heavy atom. The molecule has 24 heavy (non-hydrogen) atoms. The van der Waals surface area contributed by atoms with Crippen molar-refractivity contribution in [2.45, 2.75) is 51.6 Å². The van der Waals surface area contributed by atoms with Crippen LogP contribution in [0.4, 0.5) is 0 Å². The van der Waals surface area contributed by atoms with E-state index in [2.05, 4.69) is 15.8 Å². The van der Waals surface area contributed by atoms with Gasteiger partial charge in [0, 0.05) is 31.4 Å². The van der Waals surface area contributed by atoms with E-state index in [1.54, 1.807) is 11.6 Å². The van der Waals surface area contributed by atoms with E-state index in [1.165, 1.54) is 39.9 Å². The van der Waals surface area contributed by atoms with Crippen molar-refractivity contribution in [3.63, 3.8) is 0 Å². The monoisotopic (exact) mass is 346 g/mol. The predicted octanol–water partition coefficient (Wildman–Crippen LogP) is 1.40. The molecule has 1 atom stereocenters. The fourth-order valence-electron chi connectivity index (χ4n) is 3.79. The molecule has 0 radical (unpaired) electrons. The van der Waals surface area contributed by atoms with Crippen molar-refractivity contribution in [3.05, 3.63) is 37.7 Å². The van der Waals surface area contributed by atoms with Crippen molar-refractivity contribution >= 4 is 17.2 Å². The number of aryl methyl sites for hydroxylation is 3. The van der Waals surface area contributed by atoms with Crippen molar-refractivity contribution in [1.82, 2.24) is 19.7 Å². The second-order valence-electron chi connectivity index (χ2n) is 6.76. The van der Waals surface area contributed by atoms with Crippen LogP contribution in [0.5, 0.6) is 0 Å². The largest absolute Gasteiger partial charge is 0.352 e. The number of hydrogen-bond donors (Lipinski definition) is 1. The first-order valence-corrected chi connectivity index (χ1v) is 9.50. The minimum absolute atomic E-state index is 0.0483. The molecule has 2 aromatic heterocycles. The number of carbonyl (C=O) groups excluding carboxylic acids is 1. The predicted molar refractivity (Wildman–Crippen MR) is 92.1 cm³/mol. The van der Waals surface area contributed by atoms with Gasteiger partial charge in [-0.3, -0.25) is 9.36 Å². The number of amides is 1. The zero-order chi connectivity index (χ0) is 16.7. The van der Waals surface area contributed by atoms with Crippen molar-refractivity contribution in [3.8, 4) is 0 Å². The average Bonchev–Trinajstić information content (AvgIpc) is 3.14. The van der Waals surface area contributed by atoms with Gasteiger partial charge in [-0.05, 0) is 48.6 Å². The van der Waals surface area contributed by atoms with Crippen LogP contribution in [0.15, 0.2) is 10.2 Å². The Morgan fingerprint density at radius 3 is 3.08 bits per heavy atom. The summed E-state index contributed by atoms with van der Waals surface area (Å²) in [7, 11) is 1.66. The highest BCUT2D eigenvalue weighted by atomic mass is 32.1. The highest BCUT2D eigenvalue weighted by molar-refractivity contribution is 7.10. The highest BCUT2D eigenvalue weighted by Crippen LogP contribution is 2.30. The lowest BCUT2D eigenvalue weighted by atomic mass is 9.95. The molecule has 3 heterocycles. The van der Waals surface area contributed by atoms with Gasteiger partial charge in [-0.2, -0.15) is 5.10 Å². The number of fused-ring (bicyclic) bond motifs is 2. The molecule has 6 nitrogen and oxygen atoms in total. The molecule has 1 aliphatic heterocycles. The Hall–Kier alpha value is -1.89. The van der Waals surface area contributed by atoms with E-state index in [4.69, 9.17) is 0 Å². The summed E-state index contributed by atoms with van der Waals surface area (Å²) in [5, 5.41) is 9.50. The molecule has 2 aliphatic rings. The zero-order valence-electron chi connectivity index (χ0n) is 13.9. The summed E-state index contributed by atoms with van der Waals surface area (Å²) >= 11 is 1.83. The summed E-state index contributed by atoms with van der Waals surface area (Å²) in [5.74, 6) is 0.694. The van der Waals surface area contributed by atoms with Crippen LogP contribution in [0.25, 0.3) is 0 Å². The summed E-state index contributed by atoms with van der Waals surface area (Å²) in [6.07, 6.45) is 6.29. The Morgan fingerprint density at radius 1 is 1.38 bits per heavy atom. The van der Waals surface area contributed by atoms with Crippen molar-refractivity contribution in [1.29, 1.82) is 0 Å². The second-order valence-corrected chi connectivity index (χ2v) is 7.72. The Kier molecular flexibility index (Phi) is 4.04. The summed E-state index contributed by atoms with van der Waals surface area (Å²) < 4.78 is 2.99. The number of carbonyl (C=O) groups is 1. The van der Waals surface area contributed by atoms with Crippen LogP contribution in [0.1, 0.15) is 41.1 Å². The first-order chi connectivity index (χ1) is 11.6. The highest BCUT2D eigenvalue weighted by Gasteiger charge is 2.27. The third kappa shape index (κ3) is 2.70. The van der Waals surface area contributed by atoms with Crippen LogP contribution in [0.2, 0.25) is 0 Å². The number of aromatic nitrogens is 3. The van der Waals surface area contributed by atoms with Gasteiger partial charge in [0.25, 0.3) is 0 Å². The topological polar surface area (TPSA) is 68.9 Å². The number of thiophene rings is 1. The number of hydrogen-bond acceptors (Lipinski definition) is 4. The fraction of sp³-hybridized carbons (Fsp3) is 0.588. The minimum atomic E-state index is -0.145. The summed E-state index contributed by atoms with van der Waals surface area (Å²) in [6, 6.07) is 0. The van der Waals surface area contributed by atoms with E-state index < -0.39 is 0 Å². The van der Waals surface area contributed by atoms with Gasteiger partial charge < -0.3 is 5.32 Å². The van der Waals surface area contributed by atoms with Crippen molar-refractivity contribution < 1.29 is 4.79 Å². The van der Waals surface area contributed by atoms with Gasteiger partial charge in [0.15, 0.2) is 0 Å². The van der Waals surface area contributed by atoms with E-state index in [9.17, 15) is 9.59 Å². The zero-order valence-corrected chi connectivity index (χ0v) is 14.7. The molecule has 1 N–H and O–H groups in total. The van der Waals surface area contributed by atoms with Crippen LogP contribution >= 0.6 is 11.3 Å². The quantitative estimate of drug-likeness (QED) is 0.913. The second kappa shape index (κ2) is 6.20. The Bertz CT molecular complexity index is 832.